The summed E-state index contributed by atoms with van der Waals surface area (Å²) in [5.41, 5.74) is 4.11. The van der Waals surface area contributed by atoms with Gasteiger partial charge >= 0.3 is 6.09 Å². The largest absolute Gasteiger partial charge is 0.465 e. The van der Waals surface area contributed by atoms with Gasteiger partial charge in [-0.3, -0.25) is 4.79 Å². The normalized spacial score (nSPS) is 21.2. The number of anilines is 1. The van der Waals surface area contributed by atoms with E-state index in [1.807, 2.05) is 36.4 Å². The van der Waals surface area contributed by atoms with Gasteiger partial charge in [-0.2, -0.15) is 5.10 Å². The van der Waals surface area contributed by atoms with Crippen molar-refractivity contribution in [2.75, 3.05) is 11.9 Å². The van der Waals surface area contributed by atoms with Gasteiger partial charge in [0.15, 0.2) is 0 Å². The van der Waals surface area contributed by atoms with Gasteiger partial charge in [0, 0.05) is 17.6 Å². The number of carbonyl (C=O) groups is 1. The van der Waals surface area contributed by atoms with Gasteiger partial charge < -0.3 is 15.3 Å². The number of rotatable bonds is 3. The fraction of sp³-hybridized carbons (Fsp3) is 0.222. The van der Waals surface area contributed by atoms with Crippen LogP contribution in [0, 0.1) is 5.82 Å². The molecule has 3 unspecified atom stereocenters. The van der Waals surface area contributed by atoms with E-state index in [9.17, 15) is 19.1 Å². The molecule has 8 heteroatoms. The third-order valence-corrected chi connectivity index (χ3v) is 7.19. The molecule has 7 nitrogen and oxygen atoms in total. The summed E-state index contributed by atoms with van der Waals surface area (Å²) in [5.74, 6) is -0.601. The maximum absolute atomic E-state index is 13.8. The number of nitrogens with zero attached hydrogens (tertiary/aromatic N) is 2. The van der Waals surface area contributed by atoms with E-state index in [1.54, 1.807) is 18.2 Å². The third kappa shape index (κ3) is 3.53. The van der Waals surface area contributed by atoms with Crippen LogP contribution in [0.4, 0.5) is 14.9 Å². The first-order valence-corrected chi connectivity index (χ1v) is 11.6. The summed E-state index contributed by atoms with van der Waals surface area (Å²) >= 11 is 0. The predicted molar refractivity (Wildman–Crippen MR) is 130 cm³/mol. The van der Waals surface area contributed by atoms with Gasteiger partial charge in [0.05, 0.1) is 29.1 Å². The standard InChI is InChI=1S/C27H23FN4O3/c28-18-12-10-16(11-13-18)22-24(29-20-4-1-3-19-23(20)25(22)30-31-26(19)33)17-8-6-15(7-9-17)21-5-2-14-32(21)27(34)35/h1,3-4,6-13,21-22,24,29H,2,5,14H2,(H,31,33)(H,34,35). The summed E-state index contributed by atoms with van der Waals surface area (Å²) in [4.78, 5) is 25.6. The number of amides is 1. The molecule has 0 radical (unpaired) electrons. The highest BCUT2D eigenvalue weighted by atomic mass is 19.1. The molecule has 1 fully saturated rings. The number of hydrogen-bond acceptors (Lipinski definition) is 4. The SMILES string of the molecule is O=C(O)N1CCCC1c1ccc(C2Nc3cccc4c(=O)[nH]nc(c34)C2c2ccc(F)cc2)cc1. The molecule has 2 aliphatic heterocycles. The summed E-state index contributed by atoms with van der Waals surface area (Å²) in [7, 11) is 0. The average molecular weight is 471 g/mol. The quantitative estimate of drug-likeness (QED) is 0.383. The molecule has 0 aliphatic carbocycles. The van der Waals surface area contributed by atoms with Crippen molar-refractivity contribution in [2.45, 2.75) is 30.8 Å². The topological polar surface area (TPSA) is 98.3 Å². The van der Waals surface area contributed by atoms with Crippen LogP contribution in [0.5, 0.6) is 0 Å². The lowest BCUT2D eigenvalue weighted by Crippen LogP contribution is -2.29. The second-order valence-corrected chi connectivity index (χ2v) is 9.12. The summed E-state index contributed by atoms with van der Waals surface area (Å²) in [5, 5.41) is 21.5. The minimum absolute atomic E-state index is 0.144. The van der Waals surface area contributed by atoms with Gasteiger partial charge in [0.25, 0.3) is 5.56 Å². The smallest absolute Gasteiger partial charge is 0.407 e. The Bertz CT molecular complexity index is 1480. The number of aromatic nitrogens is 2. The summed E-state index contributed by atoms with van der Waals surface area (Å²) in [6.45, 7) is 0.545. The van der Waals surface area contributed by atoms with E-state index in [1.165, 1.54) is 17.0 Å². The van der Waals surface area contributed by atoms with Crippen molar-refractivity contribution in [1.82, 2.24) is 15.1 Å². The van der Waals surface area contributed by atoms with E-state index < -0.39 is 6.09 Å². The van der Waals surface area contributed by atoms with E-state index in [0.29, 0.717) is 11.9 Å². The fourth-order valence-electron chi connectivity index (χ4n) is 5.56. The maximum atomic E-state index is 13.8. The lowest BCUT2D eigenvalue weighted by Gasteiger charge is -2.35. The molecule has 3 atom stereocenters. The van der Waals surface area contributed by atoms with E-state index in [-0.39, 0.29) is 29.4 Å². The lowest BCUT2D eigenvalue weighted by molar-refractivity contribution is 0.140. The second-order valence-electron chi connectivity index (χ2n) is 9.12. The number of aromatic amines is 1. The Morgan fingerprint density at radius 3 is 2.46 bits per heavy atom. The van der Waals surface area contributed by atoms with Crippen LogP contribution < -0.4 is 10.9 Å². The molecule has 6 rings (SSSR count). The highest BCUT2D eigenvalue weighted by Crippen LogP contribution is 2.46. The lowest BCUT2D eigenvalue weighted by atomic mass is 9.80. The molecule has 0 spiro atoms. The van der Waals surface area contributed by atoms with Gasteiger partial charge in [0.1, 0.15) is 5.82 Å². The van der Waals surface area contributed by atoms with Crippen LogP contribution in [-0.4, -0.2) is 32.8 Å². The monoisotopic (exact) mass is 470 g/mol. The van der Waals surface area contributed by atoms with Gasteiger partial charge in [-0.1, -0.05) is 42.5 Å². The van der Waals surface area contributed by atoms with Gasteiger partial charge in [0.2, 0.25) is 0 Å². The minimum Gasteiger partial charge on any atom is -0.465 e. The van der Waals surface area contributed by atoms with Crippen molar-refractivity contribution >= 4 is 22.6 Å². The Labute approximate surface area is 200 Å². The zero-order valence-electron chi connectivity index (χ0n) is 18.7. The maximum Gasteiger partial charge on any atom is 0.407 e. The molecular weight excluding hydrogens is 447 g/mol. The van der Waals surface area contributed by atoms with E-state index in [0.717, 1.165) is 46.3 Å². The van der Waals surface area contributed by atoms with Crippen LogP contribution in [-0.2, 0) is 0 Å². The van der Waals surface area contributed by atoms with E-state index in [2.05, 4.69) is 15.5 Å². The van der Waals surface area contributed by atoms with Crippen LogP contribution in [0.15, 0.2) is 71.5 Å². The van der Waals surface area contributed by atoms with Crippen molar-refractivity contribution in [3.05, 3.63) is 105 Å². The first-order valence-electron chi connectivity index (χ1n) is 11.6. The molecule has 1 aromatic heterocycles. The molecule has 35 heavy (non-hydrogen) atoms. The van der Waals surface area contributed by atoms with Gasteiger partial charge in [-0.05, 0) is 53.8 Å². The fourth-order valence-corrected chi connectivity index (χ4v) is 5.56. The molecule has 2 aliphatic rings. The van der Waals surface area contributed by atoms with Crippen LogP contribution in [0.1, 0.15) is 53.2 Å². The molecule has 0 saturated carbocycles. The molecule has 1 amide bonds. The summed E-state index contributed by atoms with van der Waals surface area (Å²) in [6, 6.07) is 19.5. The van der Waals surface area contributed by atoms with E-state index >= 15 is 0 Å². The van der Waals surface area contributed by atoms with E-state index in [4.69, 9.17) is 0 Å². The zero-order chi connectivity index (χ0) is 24.1. The Morgan fingerprint density at radius 1 is 1.00 bits per heavy atom. The Balaban J connectivity index is 1.45. The molecule has 0 bridgehead atoms. The van der Waals surface area contributed by atoms with Crippen LogP contribution in [0.25, 0.3) is 10.8 Å². The Kier molecular flexibility index (Phi) is 5.02. The zero-order valence-corrected chi connectivity index (χ0v) is 18.7. The Hall–Kier alpha value is -4.20. The van der Waals surface area contributed by atoms with Crippen LogP contribution >= 0.6 is 0 Å². The van der Waals surface area contributed by atoms with Crippen molar-refractivity contribution in [3.63, 3.8) is 0 Å². The number of benzene rings is 3. The summed E-state index contributed by atoms with van der Waals surface area (Å²) < 4.78 is 13.8. The average Bonchev–Trinajstić information content (AvgIpc) is 3.37. The number of H-pyrrole nitrogens is 1. The second kappa shape index (κ2) is 8.23. The Morgan fingerprint density at radius 2 is 1.71 bits per heavy atom. The number of halogens is 1. The van der Waals surface area contributed by atoms with Crippen LogP contribution in [0.3, 0.4) is 0 Å². The first-order chi connectivity index (χ1) is 17.0. The molecular formula is C27H23FN4O3. The number of nitrogens with one attached hydrogen (secondary N) is 2. The van der Waals surface area contributed by atoms with Crippen molar-refractivity contribution in [3.8, 4) is 0 Å². The summed E-state index contributed by atoms with van der Waals surface area (Å²) in [6.07, 6.45) is 0.755. The van der Waals surface area contributed by atoms with Crippen LogP contribution in [0.2, 0.25) is 0 Å². The van der Waals surface area contributed by atoms with Crippen molar-refractivity contribution < 1.29 is 14.3 Å². The number of carboxylic acid groups (broad SMARTS) is 1. The molecule has 1 saturated heterocycles. The van der Waals surface area contributed by atoms with Crippen molar-refractivity contribution in [2.24, 2.45) is 0 Å². The van der Waals surface area contributed by atoms with Gasteiger partial charge in [-0.25, -0.2) is 14.3 Å². The highest BCUT2D eigenvalue weighted by molar-refractivity contribution is 5.97. The molecule has 3 N–H and O–H groups in total. The van der Waals surface area contributed by atoms with Crippen molar-refractivity contribution in [1.29, 1.82) is 0 Å². The highest BCUT2D eigenvalue weighted by Gasteiger charge is 2.35. The minimum atomic E-state index is -0.897. The van der Waals surface area contributed by atoms with Gasteiger partial charge in [-0.15, -0.1) is 0 Å². The number of likely N-dealkylation sites (tertiary alicyclic amines) is 1. The first kappa shape index (κ1) is 21.3. The predicted octanol–water partition coefficient (Wildman–Crippen LogP) is 5.18. The molecule has 3 heterocycles. The number of hydrogen-bond donors (Lipinski definition) is 3. The molecule has 4 aromatic rings. The molecule has 176 valence electrons. The third-order valence-electron chi connectivity index (χ3n) is 7.19. The molecule has 3 aromatic carbocycles.